The van der Waals surface area contributed by atoms with Crippen LogP contribution in [0.1, 0.15) is 143 Å². The second-order valence-corrected chi connectivity index (χ2v) is 13.4. The summed E-state index contributed by atoms with van der Waals surface area (Å²) in [7, 11) is 0. The van der Waals surface area contributed by atoms with Gasteiger partial charge in [-0.3, -0.25) is 14.4 Å². The first-order chi connectivity index (χ1) is 20.4. The maximum absolute atomic E-state index is 13.8. The van der Waals surface area contributed by atoms with Gasteiger partial charge in [-0.1, -0.05) is 109 Å². The van der Waals surface area contributed by atoms with E-state index in [0.717, 1.165) is 61.6 Å². The number of allylic oxidation sites excluding steroid dienone is 1. The van der Waals surface area contributed by atoms with Crippen molar-refractivity contribution in [2.24, 2.45) is 17.8 Å². The van der Waals surface area contributed by atoms with Crippen LogP contribution in [0.15, 0.2) is 42.5 Å². The minimum Gasteiger partial charge on any atom is -0.300 e. The van der Waals surface area contributed by atoms with Gasteiger partial charge in [-0.05, 0) is 98.4 Å². The van der Waals surface area contributed by atoms with Gasteiger partial charge < -0.3 is 0 Å². The van der Waals surface area contributed by atoms with Gasteiger partial charge in [0.15, 0.2) is 5.78 Å². The summed E-state index contributed by atoms with van der Waals surface area (Å²) >= 11 is 0. The molecule has 1 aliphatic rings. The topological polar surface area (TPSA) is 51.2 Å². The average molecular weight is 587 g/mol. The van der Waals surface area contributed by atoms with E-state index in [1.165, 1.54) is 41.2 Å². The van der Waals surface area contributed by atoms with Gasteiger partial charge in [0.2, 0.25) is 0 Å². The summed E-state index contributed by atoms with van der Waals surface area (Å²) in [6.45, 7) is 23.0. The van der Waals surface area contributed by atoms with Crippen molar-refractivity contribution in [1.29, 1.82) is 0 Å². The average Bonchev–Trinajstić information content (AvgIpc) is 2.91. The molecule has 0 spiro atoms. The lowest BCUT2D eigenvalue weighted by Gasteiger charge is -2.33. The summed E-state index contributed by atoms with van der Waals surface area (Å²) in [4.78, 5) is 38.4. The predicted octanol–water partition coefficient (Wildman–Crippen LogP) is 10.3. The molecule has 0 bridgehead atoms. The third kappa shape index (κ3) is 10.4. The number of carbonyl (C=O) groups is 3. The van der Waals surface area contributed by atoms with Crippen LogP contribution < -0.4 is 0 Å². The van der Waals surface area contributed by atoms with Crippen LogP contribution in [0.3, 0.4) is 0 Å². The van der Waals surface area contributed by atoms with E-state index in [2.05, 4.69) is 92.3 Å². The van der Waals surface area contributed by atoms with E-state index < -0.39 is 0 Å². The molecule has 0 heterocycles. The first-order valence-corrected chi connectivity index (χ1v) is 16.8. The lowest BCUT2D eigenvalue weighted by Crippen LogP contribution is -2.30. The lowest BCUT2D eigenvalue weighted by atomic mass is 9.70. The Bertz CT molecular complexity index is 1250. The molecule has 0 aliphatic heterocycles. The molecule has 0 saturated carbocycles. The zero-order valence-electron chi connectivity index (χ0n) is 28.7. The van der Waals surface area contributed by atoms with Crippen molar-refractivity contribution in [2.75, 3.05) is 0 Å². The van der Waals surface area contributed by atoms with Gasteiger partial charge >= 0.3 is 0 Å². The van der Waals surface area contributed by atoms with E-state index in [1.54, 1.807) is 0 Å². The summed E-state index contributed by atoms with van der Waals surface area (Å²) < 4.78 is 0. The van der Waals surface area contributed by atoms with Crippen LogP contribution in [0.4, 0.5) is 0 Å². The van der Waals surface area contributed by atoms with Crippen LogP contribution in [0, 0.1) is 31.6 Å². The molecule has 1 aliphatic carbocycles. The highest BCUT2D eigenvalue weighted by molar-refractivity contribution is 6.01. The molecule has 3 rings (SSSR count). The zero-order chi connectivity index (χ0) is 32.3. The smallest absolute Gasteiger partial charge is 0.163 e. The van der Waals surface area contributed by atoms with Crippen molar-refractivity contribution < 1.29 is 14.4 Å². The summed E-state index contributed by atoms with van der Waals surface area (Å²) in [6, 6.07) is 11.0. The van der Waals surface area contributed by atoms with Crippen LogP contribution in [-0.2, 0) is 28.9 Å². The Kier molecular flexibility index (Phi) is 14.8. The fourth-order valence-corrected chi connectivity index (χ4v) is 6.91. The van der Waals surface area contributed by atoms with E-state index in [-0.39, 0.29) is 41.5 Å². The van der Waals surface area contributed by atoms with Crippen LogP contribution in [-0.4, -0.2) is 17.3 Å². The van der Waals surface area contributed by atoms with E-state index in [0.29, 0.717) is 12.3 Å². The monoisotopic (exact) mass is 586 g/mol. The third-order valence-corrected chi connectivity index (χ3v) is 8.86. The van der Waals surface area contributed by atoms with Crippen LogP contribution in [0.25, 0.3) is 0 Å². The Morgan fingerprint density at radius 2 is 1.60 bits per heavy atom. The van der Waals surface area contributed by atoms with Crippen molar-refractivity contribution in [3.8, 4) is 0 Å². The second kappa shape index (κ2) is 17.5. The molecule has 3 heteroatoms. The molecule has 43 heavy (non-hydrogen) atoms. The molecular weight excluding hydrogens is 528 g/mol. The van der Waals surface area contributed by atoms with Crippen LogP contribution in [0.5, 0.6) is 0 Å². The van der Waals surface area contributed by atoms with E-state index >= 15 is 0 Å². The number of aryl methyl sites for hydroxylation is 1. The van der Waals surface area contributed by atoms with E-state index in [1.807, 2.05) is 0 Å². The third-order valence-electron chi connectivity index (χ3n) is 8.86. The van der Waals surface area contributed by atoms with Crippen molar-refractivity contribution in [2.45, 2.75) is 132 Å². The first kappa shape index (κ1) is 36.4. The van der Waals surface area contributed by atoms with Crippen molar-refractivity contribution in [1.82, 2.24) is 0 Å². The molecule has 2 aromatic carbocycles. The molecule has 0 saturated heterocycles. The van der Waals surface area contributed by atoms with Crippen molar-refractivity contribution >= 4 is 17.3 Å². The maximum atomic E-state index is 13.8. The van der Waals surface area contributed by atoms with Gasteiger partial charge in [0.25, 0.3) is 0 Å². The molecule has 0 radical (unpaired) electrons. The van der Waals surface area contributed by atoms with Gasteiger partial charge in [0.1, 0.15) is 11.6 Å². The van der Waals surface area contributed by atoms with E-state index in [4.69, 9.17) is 0 Å². The highest BCUT2D eigenvalue weighted by Gasteiger charge is 2.34. The SMILES string of the molecule is C=C(Cc1ccc(C)cc1)Cc1cc(C(C)C)c2c(c1C)C(=O)CC(CC(CCC)C(CC)C(=O)CC(C)=O)C2.CCC. The number of rotatable bonds is 14. The fraction of sp³-hybridized carbons (Fsp3) is 0.575. The molecule has 236 valence electrons. The van der Waals surface area contributed by atoms with Crippen LogP contribution >= 0.6 is 0 Å². The van der Waals surface area contributed by atoms with Crippen molar-refractivity contribution in [3.63, 3.8) is 0 Å². The molecule has 0 N–H and O–H groups in total. The molecule has 2 aromatic rings. The van der Waals surface area contributed by atoms with Gasteiger partial charge in [0, 0.05) is 17.9 Å². The first-order valence-electron chi connectivity index (χ1n) is 16.8. The Balaban J connectivity index is 0.00000206. The summed E-state index contributed by atoms with van der Waals surface area (Å²) in [6.07, 6.45) is 7.89. The van der Waals surface area contributed by atoms with E-state index in [9.17, 15) is 14.4 Å². The van der Waals surface area contributed by atoms with Gasteiger partial charge in [-0.2, -0.15) is 0 Å². The van der Waals surface area contributed by atoms with Gasteiger partial charge in [-0.25, -0.2) is 0 Å². The Labute approximate surface area is 263 Å². The lowest BCUT2D eigenvalue weighted by molar-refractivity contribution is -0.129. The molecule has 0 fully saturated rings. The van der Waals surface area contributed by atoms with Gasteiger partial charge in [-0.15, -0.1) is 0 Å². The number of ketones is 3. The second-order valence-electron chi connectivity index (χ2n) is 13.4. The number of hydrogen-bond donors (Lipinski definition) is 0. The molecule has 3 atom stereocenters. The quantitative estimate of drug-likeness (QED) is 0.163. The molecular formula is C40H58O3. The Morgan fingerprint density at radius 3 is 2.14 bits per heavy atom. The Morgan fingerprint density at radius 1 is 0.977 bits per heavy atom. The Hall–Kier alpha value is -2.81. The summed E-state index contributed by atoms with van der Waals surface area (Å²) in [5.74, 6) is 0.921. The number of hydrogen-bond acceptors (Lipinski definition) is 3. The molecule has 3 nitrogen and oxygen atoms in total. The molecule has 0 aromatic heterocycles. The normalized spacial score (nSPS) is 15.8. The highest BCUT2D eigenvalue weighted by atomic mass is 16.1. The van der Waals surface area contributed by atoms with Crippen LogP contribution in [0.2, 0.25) is 0 Å². The molecule has 0 amide bonds. The predicted molar refractivity (Wildman–Crippen MR) is 182 cm³/mol. The maximum Gasteiger partial charge on any atom is 0.163 e. The molecule has 3 unspecified atom stereocenters. The number of Topliss-reactive ketones (excluding diaryl/α,β-unsaturated/α-hetero) is 3. The number of carbonyl (C=O) groups excluding carboxylic acids is 3. The zero-order valence-corrected chi connectivity index (χ0v) is 28.7. The standard InChI is InChI=1S/C37H50O3.C3H8/c1-9-11-30(32(10-2)35(39)18-26(7)38)19-29-20-34-33(23(3)4)22-31(27(8)37(34)36(40)21-29)17-25(6)16-28-14-12-24(5)13-15-28;1-3-2/h12-15,22-23,29-30,32H,6,9-11,16-21H2,1-5,7-8H3;3H2,1-2H3. The minimum absolute atomic E-state index is 0.0276. The summed E-state index contributed by atoms with van der Waals surface area (Å²) in [5, 5.41) is 0. The summed E-state index contributed by atoms with van der Waals surface area (Å²) in [5.41, 5.74) is 9.45. The number of benzene rings is 2. The number of fused-ring (bicyclic) bond motifs is 1. The minimum atomic E-state index is -0.103. The highest BCUT2D eigenvalue weighted by Crippen LogP contribution is 2.40. The van der Waals surface area contributed by atoms with Gasteiger partial charge in [0.05, 0.1) is 6.42 Å². The van der Waals surface area contributed by atoms with Crippen molar-refractivity contribution in [3.05, 3.63) is 81.4 Å². The largest absolute Gasteiger partial charge is 0.300 e. The fourth-order valence-electron chi connectivity index (χ4n) is 6.91.